The van der Waals surface area contributed by atoms with Gasteiger partial charge in [-0.25, -0.2) is 9.18 Å². The first-order chi connectivity index (χ1) is 14.6. The molecule has 2 heterocycles. The van der Waals surface area contributed by atoms with Crippen molar-refractivity contribution >= 4 is 28.7 Å². The van der Waals surface area contributed by atoms with Crippen LogP contribution in [0.25, 0.3) is 11.0 Å². The number of aromatic amines is 1. The number of likely N-dealkylation sites (tertiary alicyclic amines) is 1. The zero-order valence-corrected chi connectivity index (χ0v) is 17.1. The average molecular weight is 429 g/mol. The third-order valence-electron chi connectivity index (χ3n) is 6.44. The second-order valence-electron chi connectivity index (χ2n) is 8.18. The predicted molar refractivity (Wildman–Crippen MR) is 110 cm³/mol. The summed E-state index contributed by atoms with van der Waals surface area (Å²) in [5.74, 6) is -0.413. The minimum absolute atomic E-state index is 0.0161. The van der Waals surface area contributed by atoms with Crippen LogP contribution in [0.3, 0.4) is 0 Å². The van der Waals surface area contributed by atoms with Crippen LogP contribution in [0.1, 0.15) is 30.4 Å². The van der Waals surface area contributed by atoms with Crippen LogP contribution < -0.4 is 0 Å². The number of amides is 1. The van der Waals surface area contributed by atoms with Crippen molar-refractivity contribution in [3.8, 4) is 0 Å². The van der Waals surface area contributed by atoms with Crippen LogP contribution in [-0.2, 0) is 16.2 Å². The van der Waals surface area contributed by atoms with E-state index in [4.69, 9.17) is 16.3 Å². The Balaban J connectivity index is 1.40. The molecule has 1 saturated carbocycles. The second-order valence-corrected chi connectivity index (χ2v) is 8.81. The highest BCUT2D eigenvalue weighted by atomic mass is 35.5. The molecule has 1 amide bonds. The van der Waals surface area contributed by atoms with E-state index in [1.54, 1.807) is 4.90 Å². The normalized spacial score (nSPS) is 26.0. The van der Waals surface area contributed by atoms with Gasteiger partial charge in [0.2, 0.25) is 0 Å². The van der Waals surface area contributed by atoms with Gasteiger partial charge in [0.1, 0.15) is 23.5 Å². The molecule has 1 aliphatic carbocycles. The standard InChI is InChI=1S/C22H22ClFN4O2/c23-22(18-9-17(24)10-19-20(18)26-27-25-19)15-7-4-8-16(22)12-28(11-15)21(29)30-13-14-5-2-1-3-6-14/h1-3,5-6,9-10,15-16H,4,7-8,11-13H2,(H,25,26,27). The van der Waals surface area contributed by atoms with E-state index in [-0.39, 0.29) is 30.4 Å². The number of alkyl halides is 1. The van der Waals surface area contributed by atoms with Gasteiger partial charge >= 0.3 is 6.09 Å². The number of fused-ring (bicyclic) bond motifs is 3. The van der Waals surface area contributed by atoms with Crippen molar-refractivity contribution in [3.63, 3.8) is 0 Å². The summed E-state index contributed by atoms with van der Waals surface area (Å²) in [5.41, 5.74) is 2.68. The van der Waals surface area contributed by atoms with Gasteiger partial charge in [0.25, 0.3) is 0 Å². The monoisotopic (exact) mass is 428 g/mol. The number of halogens is 2. The van der Waals surface area contributed by atoms with Crippen LogP contribution in [0.2, 0.25) is 0 Å². The number of hydrogen-bond donors (Lipinski definition) is 1. The maximum absolute atomic E-state index is 14.3. The molecule has 1 N–H and O–H groups in total. The number of aromatic nitrogens is 3. The molecule has 30 heavy (non-hydrogen) atoms. The highest BCUT2D eigenvalue weighted by Gasteiger charge is 2.53. The molecule has 2 bridgehead atoms. The molecule has 2 fully saturated rings. The van der Waals surface area contributed by atoms with Crippen LogP contribution >= 0.6 is 11.6 Å². The van der Waals surface area contributed by atoms with E-state index < -0.39 is 4.87 Å². The largest absolute Gasteiger partial charge is 0.445 e. The molecule has 6 nitrogen and oxygen atoms in total. The molecule has 2 atom stereocenters. The van der Waals surface area contributed by atoms with Gasteiger partial charge in [-0.15, -0.1) is 11.6 Å². The Morgan fingerprint density at radius 3 is 2.67 bits per heavy atom. The number of nitrogens with zero attached hydrogens (tertiary/aromatic N) is 3. The number of rotatable bonds is 3. The minimum atomic E-state index is -0.786. The van der Waals surface area contributed by atoms with Crippen LogP contribution in [0.5, 0.6) is 0 Å². The third kappa shape index (κ3) is 3.21. The van der Waals surface area contributed by atoms with Gasteiger partial charge in [0.05, 0.1) is 4.87 Å². The number of ether oxygens (including phenoxy) is 1. The molecule has 156 valence electrons. The Bertz CT molecular complexity index is 1060. The van der Waals surface area contributed by atoms with Crippen molar-refractivity contribution < 1.29 is 13.9 Å². The average Bonchev–Trinajstić information content (AvgIpc) is 3.20. The number of H-pyrrole nitrogens is 1. The summed E-state index contributed by atoms with van der Waals surface area (Å²) >= 11 is 7.29. The Kier molecular flexibility index (Phi) is 4.85. The van der Waals surface area contributed by atoms with Gasteiger partial charge in [-0.05, 0) is 24.5 Å². The first-order valence-electron chi connectivity index (χ1n) is 10.2. The van der Waals surface area contributed by atoms with Gasteiger partial charge in [-0.1, -0.05) is 36.8 Å². The summed E-state index contributed by atoms with van der Waals surface area (Å²) in [6, 6.07) is 12.4. The van der Waals surface area contributed by atoms with E-state index in [1.165, 1.54) is 12.1 Å². The maximum Gasteiger partial charge on any atom is 0.410 e. The number of piperidine rings is 1. The van der Waals surface area contributed by atoms with Gasteiger partial charge < -0.3 is 9.64 Å². The lowest BCUT2D eigenvalue weighted by molar-refractivity contribution is 0.0244. The van der Waals surface area contributed by atoms with E-state index in [0.717, 1.165) is 24.8 Å². The summed E-state index contributed by atoms with van der Waals surface area (Å²) in [4.78, 5) is 13.7. The molecular weight excluding hydrogens is 407 g/mol. The fourth-order valence-electron chi connectivity index (χ4n) is 5.03. The molecule has 1 saturated heterocycles. The van der Waals surface area contributed by atoms with Gasteiger partial charge in [-0.2, -0.15) is 15.4 Å². The number of carbonyl (C=O) groups is 1. The molecule has 0 radical (unpaired) electrons. The number of hydrogen-bond acceptors (Lipinski definition) is 4. The summed E-state index contributed by atoms with van der Waals surface area (Å²) in [6.07, 6.45) is 2.42. The Labute approximate surface area is 178 Å². The summed E-state index contributed by atoms with van der Waals surface area (Å²) in [5, 5.41) is 10.8. The smallest absolute Gasteiger partial charge is 0.410 e. The Morgan fingerprint density at radius 2 is 1.93 bits per heavy atom. The van der Waals surface area contributed by atoms with Crippen molar-refractivity contribution in [1.82, 2.24) is 20.3 Å². The summed E-state index contributed by atoms with van der Waals surface area (Å²) in [6.45, 7) is 1.19. The predicted octanol–water partition coefficient (Wildman–Crippen LogP) is 4.60. The quantitative estimate of drug-likeness (QED) is 0.619. The van der Waals surface area contributed by atoms with Gasteiger partial charge in [0.15, 0.2) is 0 Å². The number of carbonyl (C=O) groups excluding carboxylic acids is 1. The molecule has 1 aliphatic heterocycles. The lowest BCUT2D eigenvalue weighted by Crippen LogP contribution is -2.57. The first-order valence-corrected chi connectivity index (χ1v) is 10.6. The highest BCUT2D eigenvalue weighted by Crippen LogP contribution is 2.55. The maximum atomic E-state index is 14.3. The van der Waals surface area contributed by atoms with Crippen molar-refractivity contribution in [2.24, 2.45) is 11.8 Å². The van der Waals surface area contributed by atoms with Crippen molar-refractivity contribution in [2.75, 3.05) is 13.1 Å². The number of benzene rings is 2. The van der Waals surface area contributed by atoms with Gasteiger partial charge in [-0.3, -0.25) is 0 Å². The molecule has 2 unspecified atom stereocenters. The van der Waals surface area contributed by atoms with E-state index in [1.807, 2.05) is 30.3 Å². The van der Waals surface area contributed by atoms with Crippen LogP contribution in [0.4, 0.5) is 9.18 Å². The summed E-state index contributed by atoms with van der Waals surface area (Å²) in [7, 11) is 0. The molecule has 5 rings (SSSR count). The van der Waals surface area contributed by atoms with Crippen molar-refractivity contribution in [1.29, 1.82) is 0 Å². The van der Waals surface area contributed by atoms with Crippen LogP contribution in [0.15, 0.2) is 42.5 Å². The molecule has 8 heteroatoms. The third-order valence-corrected chi connectivity index (χ3v) is 7.26. The lowest BCUT2D eigenvalue weighted by atomic mass is 9.65. The lowest BCUT2D eigenvalue weighted by Gasteiger charge is -2.52. The number of nitrogens with one attached hydrogen (secondary N) is 1. The Morgan fingerprint density at radius 1 is 1.20 bits per heavy atom. The zero-order chi connectivity index (χ0) is 20.7. The fourth-order valence-corrected chi connectivity index (χ4v) is 5.53. The molecule has 3 aromatic rings. The Hall–Kier alpha value is -2.67. The summed E-state index contributed by atoms with van der Waals surface area (Å²) < 4.78 is 19.9. The topological polar surface area (TPSA) is 71.1 Å². The highest BCUT2D eigenvalue weighted by molar-refractivity contribution is 6.25. The van der Waals surface area contributed by atoms with E-state index in [9.17, 15) is 9.18 Å². The van der Waals surface area contributed by atoms with Crippen LogP contribution in [-0.4, -0.2) is 39.5 Å². The first kappa shape index (κ1) is 19.3. The van der Waals surface area contributed by atoms with E-state index >= 15 is 0 Å². The SMILES string of the molecule is O=C(OCc1ccccc1)N1CC2CCCC(C1)C2(Cl)c1cc(F)cc2n[nH]nc12. The molecule has 2 aromatic carbocycles. The van der Waals surface area contributed by atoms with E-state index in [0.29, 0.717) is 29.7 Å². The molecule has 1 aromatic heterocycles. The van der Waals surface area contributed by atoms with Crippen LogP contribution in [0, 0.1) is 17.7 Å². The van der Waals surface area contributed by atoms with Crippen molar-refractivity contribution in [2.45, 2.75) is 30.7 Å². The minimum Gasteiger partial charge on any atom is -0.445 e. The molecular formula is C22H22ClFN4O2. The fraction of sp³-hybridized carbons (Fsp3) is 0.409. The van der Waals surface area contributed by atoms with Crippen molar-refractivity contribution in [3.05, 3.63) is 59.4 Å². The second kappa shape index (κ2) is 7.54. The zero-order valence-electron chi connectivity index (χ0n) is 16.4. The van der Waals surface area contributed by atoms with E-state index in [2.05, 4.69) is 15.4 Å². The molecule has 0 spiro atoms. The molecule has 2 aliphatic rings. The van der Waals surface area contributed by atoms with Gasteiger partial charge in [0, 0.05) is 36.6 Å².